The zero-order valence-corrected chi connectivity index (χ0v) is 20.3. The van der Waals surface area contributed by atoms with Gasteiger partial charge in [-0.15, -0.1) is 0 Å². The van der Waals surface area contributed by atoms with E-state index in [1.807, 2.05) is 19.1 Å². The maximum absolute atomic E-state index is 12.4. The summed E-state index contributed by atoms with van der Waals surface area (Å²) in [5.74, 6) is -1.13. The van der Waals surface area contributed by atoms with Crippen LogP contribution in [0.15, 0.2) is 59.8 Å². The topological polar surface area (TPSA) is 179 Å². The van der Waals surface area contributed by atoms with Gasteiger partial charge >= 0.3 is 11.7 Å². The first-order valence-corrected chi connectivity index (χ1v) is 10.9. The molecule has 13 nitrogen and oxygen atoms in total. The lowest BCUT2D eigenvalue weighted by Crippen LogP contribution is -2.17. The molecular weight excluding hydrogens is 500 g/mol. The molecule has 0 bridgehead atoms. The molecule has 4 aromatic rings. The molecule has 3 aromatic carbocycles. The van der Waals surface area contributed by atoms with Gasteiger partial charge in [-0.2, -0.15) is 0 Å². The van der Waals surface area contributed by atoms with Gasteiger partial charge in [0.05, 0.1) is 46.7 Å². The lowest BCUT2D eigenvalue weighted by molar-refractivity contribution is -0.394. The number of rotatable bonds is 9. The van der Waals surface area contributed by atoms with E-state index in [-0.39, 0.29) is 5.69 Å². The van der Waals surface area contributed by atoms with Gasteiger partial charge in [0.25, 0.3) is 5.69 Å². The zero-order valence-electron chi connectivity index (χ0n) is 20.3. The second-order valence-corrected chi connectivity index (χ2v) is 8.00. The summed E-state index contributed by atoms with van der Waals surface area (Å²) >= 11 is 0. The highest BCUT2D eigenvalue weighted by Crippen LogP contribution is 2.41. The Labute approximate surface area is 214 Å². The van der Waals surface area contributed by atoms with Crippen LogP contribution in [-0.4, -0.2) is 45.8 Å². The van der Waals surface area contributed by atoms with Crippen molar-refractivity contribution in [1.29, 1.82) is 0 Å². The molecule has 4 rings (SSSR count). The van der Waals surface area contributed by atoms with Crippen LogP contribution in [0.4, 0.5) is 11.4 Å². The van der Waals surface area contributed by atoms with Crippen LogP contribution in [0.2, 0.25) is 0 Å². The Hall–Kier alpha value is -5.46. The van der Waals surface area contributed by atoms with Crippen molar-refractivity contribution in [3.05, 3.63) is 86.1 Å². The fraction of sp³-hybridized carbons (Fsp3) is 0.120. The molecule has 0 amide bonds. The molecule has 1 aromatic heterocycles. The van der Waals surface area contributed by atoms with Crippen LogP contribution in [0.25, 0.3) is 22.0 Å². The van der Waals surface area contributed by atoms with Gasteiger partial charge in [0.15, 0.2) is 0 Å². The number of non-ortho nitro benzene ring substituents is 1. The van der Waals surface area contributed by atoms with Gasteiger partial charge < -0.3 is 24.4 Å². The van der Waals surface area contributed by atoms with E-state index in [0.29, 0.717) is 39.6 Å². The number of aromatic amines is 1. The van der Waals surface area contributed by atoms with E-state index in [4.69, 9.17) is 14.3 Å². The van der Waals surface area contributed by atoms with Gasteiger partial charge in [-0.05, 0) is 18.6 Å². The number of H-pyrrole nitrogens is 1. The van der Waals surface area contributed by atoms with E-state index in [0.717, 1.165) is 17.7 Å². The van der Waals surface area contributed by atoms with E-state index in [2.05, 4.69) is 10.1 Å². The van der Waals surface area contributed by atoms with Crippen LogP contribution in [0.1, 0.15) is 11.3 Å². The molecule has 0 aliphatic heterocycles. The van der Waals surface area contributed by atoms with Crippen molar-refractivity contribution < 1.29 is 34.1 Å². The smallest absolute Gasteiger partial charge is 0.360 e. The third-order valence-corrected chi connectivity index (χ3v) is 5.66. The molecule has 194 valence electrons. The highest BCUT2D eigenvalue weighted by Gasteiger charge is 2.27. The number of nitrogens with zero attached hydrogens (tertiary/aromatic N) is 3. The molecule has 0 aliphatic rings. The highest BCUT2D eigenvalue weighted by atomic mass is 16.7. The monoisotopic (exact) mass is 520 g/mol. The second kappa shape index (κ2) is 10.3. The first kappa shape index (κ1) is 25.6. The van der Waals surface area contributed by atoms with E-state index in [9.17, 15) is 30.1 Å². The van der Waals surface area contributed by atoms with Gasteiger partial charge in [0.2, 0.25) is 11.5 Å². The number of carbonyl (C=O) groups is 1. The van der Waals surface area contributed by atoms with Gasteiger partial charge in [-0.25, -0.2) is 4.79 Å². The molecule has 0 aliphatic carbocycles. The molecule has 0 spiro atoms. The average Bonchev–Trinajstić information content (AvgIpc) is 3.27. The molecule has 0 saturated carbocycles. The van der Waals surface area contributed by atoms with E-state index >= 15 is 0 Å². The van der Waals surface area contributed by atoms with Crippen molar-refractivity contribution in [1.82, 2.24) is 4.98 Å². The van der Waals surface area contributed by atoms with Crippen molar-refractivity contribution in [3.63, 3.8) is 0 Å². The highest BCUT2D eigenvalue weighted by molar-refractivity contribution is 6.44. The predicted molar refractivity (Wildman–Crippen MR) is 136 cm³/mol. The van der Waals surface area contributed by atoms with Crippen LogP contribution in [0, 0.1) is 27.2 Å². The molecule has 0 fully saturated rings. The number of hydrogen-bond donors (Lipinski definition) is 2. The summed E-state index contributed by atoms with van der Waals surface area (Å²) < 4.78 is 10.9. The number of hydrogen-bond acceptors (Lipinski definition) is 9. The van der Waals surface area contributed by atoms with Crippen LogP contribution >= 0.6 is 0 Å². The Bertz CT molecular complexity index is 1610. The summed E-state index contributed by atoms with van der Waals surface area (Å²) in [6.07, 6.45) is 0. The summed E-state index contributed by atoms with van der Waals surface area (Å²) in [6.45, 7) is 1.90. The number of carboxylic acid groups (broad SMARTS) is 1. The minimum absolute atomic E-state index is 0.0347. The van der Waals surface area contributed by atoms with Crippen LogP contribution < -0.4 is 14.3 Å². The largest absolute Gasteiger partial charge is 0.497 e. The third-order valence-electron chi connectivity index (χ3n) is 5.66. The number of nitro benzene ring substituents is 2. The Morgan fingerprint density at radius 1 is 0.947 bits per heavy atom. The number of aromatic nitrogens is 1. The van der Waals surface area contributed by atoms with E-state index in [1.54, 1.807) is 24.3 Å². The lowest BCUT2D eigenvalue weighted by atomic mass is 9.98. The number of nitro groups is 2. The molecule has 0 radical (unpaired) electrons. The van der Waals surface area contributed by atoms with Crippen molar-refractivity contribution in [3.8, 4) is 28.4 Å². The number of aryl methyl sites for hydroxylation is 1. The Morgan fingerprint density at radius 3 is 2.24 bits per heavy atom. The quantitative estimate of drug-likeness (QED) is 0.177. The Kier molecular flexibility index (Phi) is 6.92. The van der Waals surface area contributed by atoms with Gasteiger partial charge in [0, 0.05) is 23.8 Å². The number of ether oxygens (including phenoxy) is 2. The SMILES string of the molecule is COc1cc(OC)c2c(-c3ccc(C)cc3)c(/C(=N/Oc3ccc([N+](=O)[O-])cc3[N+](=O)[O-])C(=O)O)[nH]c2c1. The zero-order chi connectivity index (χ0) is 27.6. The number of aliphatic carboxylic acids is 1. The van der Waals surface area contributed by atoms with E-state index < -0.39 is 38.7 Å². The van der Waals surface area contributed by atoms with Crippen molar-refractivity contribution >= 4 is 34.0 Å². The number of fused-ring (bicyclic) bond motifs is 1. The first-order chi connectivity index (χ1) is 18.1. The number of methoxy groups -OCH3 is 2. The van der Waals surface area contributed by atoms with Crippen molar-refractivity contribution in [2.75, 3.05) is 14.2 Å². The maximum atomic E-state index is 12.4. The summed E-state index contributed by atoms with van der Waals surface area (Å²) in [5.41, 5.74) is 0.655. The first-order valence-electron chi connectivity index (χ1n) is 10.9. The van der Waals surface area contributed by atoms with Crippen molar-refractivity contribution in [2.24, 2.45) is 5.16 Å². The summed E-state index contributed by atoms with van der Waals surface area (Å²) in [5, 5.41) is 36.8. The molecule has 0 unspecified atom stereocenters. The Morgan fingerprint density at radius 2 is 1.66 bits per heavy atom. The number of oxime groups is 1. The number of nitrogens with one attached hydrogen (secondary N) is 1. The molecule has 1 heterocycles. The van der Waals surface area contributed by atoms with Crippen LogP contribution in [0.3, 0.4) is 0 Å². The minimum Gasteiger partial charge on any atom is -0.497 e. The van der Waals surface area contributed by atoms with Gasteiger partial charge in [-0.3, -0.25) is 20.2 Å². The molecular formula is C25H20N4O9. The predicted octanol–water partition coefficient (Wildman–Crippen LogP) is 4.84. The normalized spacial score (nSPS) is 11.3. The second-order valence-electron chi connectivity index (χ2n) is 8.00. The minimum atomic E-state index is -1.50. The van der Waals surface area contributed by atoms with Crippen molar-refractivity contribution in [2.45, 2.75) is 6.92 Å². The van der Waals surface area contributed by atoms with Crippen LogP contribution in [0.5, 0.6) is 17.2 Å². The van der Waals surface area contributed by atoms with Gasteiger partial charge in [0.1, 0.15) is 11.5 Å². The maximum Gasteiger partial charge on any atom is 0.360 e. The molecule has 2 N–H and O–H groups in total. The summed E-state index contributed by atoms with van der Waals surface area (Å²) in [7, 11) is 2.93. The number of benzene rings is 3. The fourth-order valence-electron chi connectivity index (χ4n) is 3.86. The summed E-state index contributed by atoms with van der Waals surface area (Å²) in [4.78, 5) is 41.4. The Balaban J connectivity index is 1.95. The fourth-order valence-corrected chi connectivity index (χ4v) is 3.86. The molecule has 38 heavy (non-hydrogen) atoms. The third kappa shape index (κ3) is 4.80. The van der Waals surface area contributed by atoms with Crippen LogP contribution in [-0.2, 0) is 4.79 Å². The molecule has 13 heteroatoms. The lowest BCUT2D eigenvalue weighted by Gasteiger charge is -2.10. The molecule has 0 saturated heterocycles. The standard InChI is InChI=1S/C25H20N4O9/c1-13-4-6-14(7-5-13)21-22-17(11-16(36-2)12-20(22)37-3)26-23(21)24(25(30)31)27-38-19-9-8-15(28(32)33)10-18(19)29(34)35/h4-12,26H,1-3H3,(H,30,31)/b27-24-. The van der Waals surface area contributed by atoms with E-state index in [1.165, 1.54) is 14.2 Å². The average molecular weight is 520 g/mol. The number of carboxylic acids is 1. The van der Waals surface area contributed by atoms with Gasteiger partial charge in [-0.1, -0.05) is 35.0 Å². The molecule has 0 atom stereocenters. The summed E-state index contributed by atoms with van der Waals surface area (Å²) in [6, 6.07) is 13.2.